The average Bonchev–Trinajstić information content (AvgIpc) is 1.68. The highest BCUT2D eigenvalue weighted by Gasteiger charge is 2.51. The summed E-state index contributed by atoms with van der Waals surface area (Å²) in [6.07, 6.45) is 14.1. The number of aryl methyl sites for hydroxylation is 3. The van der Waals surface area contributed by atoms with Crippen molar-refractivity contribution in [1.29, 1.82) is 0 Å². The molecule has 2 unspecified atom stereocenters. The van der Waals surface area contributed by atoms with E-state index < -0.39 is 17.7 Å². The minimum Gasteiger partial charge on any atom is -0.457 e. The molecule has 3 aromatic heterocycles. The summed E-state index contributed by atoms with van der Waals surface area (Å²) in [5, 5.41) is 11.6. The van der Waals surface area contributed by atoms with Gasteiger partial charge in [0.05, 0.1) is 47.9 Å². The van der Waals surface area contributed by atoms with Crippen LogP contribution in [0.25, 0.3) is 22.3 Å². The Morgan fingerprint density at radius 2 is 1.58 bits per heavy atom. The van der Waals surface area contributed by atoms with Gasteiger partial charge < -0.3 is 39.3 Å². The van der Waals surface area contributed by atoms with Gasteiger partial charge in [0, 0.05) is 85.8 Å². The molecule has 5 aromatic rings. The van der Waals surface area contributed by atoms with Crippen molar-refractivity contribution in [1.82, 2.24) is 29.4 Å². The number of amides is 3. The van der Waals surface area contributed by atoms with Crippen LogP contribution < -0.4 is 16.6 Å². The van der Waals surface area contributed by atoms with E-state index in [2.05, 4.69) is 35.5 Å². The lowest BCUT2D eigenvalue weighted by Gasteiger charge is -2.35. The lowest BCUT2D eigenvalue weighted by Crippen LogP contribution is -2.47. The van der Waals surface area contributed by atoms with Gasteiger partial charge in [-0.1, -0.05) is 69.5 Å². The van der Waals surface area contributed by atoms with Crippen LogP contribution in [0.3, 0.4) is 0 Å². The average molecular weight is 1230 g/mol. The van der Waals surface area contributed by atoms with E-state index in [9.17, 15) is 43.2 Å². The Bertz CT molecular complexity index is 3420. The normalized spacial score (nSPS) is 17.5. The fraction of sp³-hybridized carbons (Fsp3) is 0.522. The molecule has 1 fully saturated rings. The highest BCUT2D eigenvalue weighted by molar-refractivity contribution is 6.12. The van der Waals surface area contributed by atoms with Gasteiger partial charge in [-0.2, -0.15) is 0 Å². The number of nitrogens with zero attached hydrogens (tertiary/aromatic N) is 6. The van der Waals surface area contributed by atoms with Crippen molar-refractivity contribution in [2.24, 2.45) is 23.5 Å². The maximum Gasteiger partial charge on any atom is 0.510 e. The van der Waals surface area contributed by atoms with Gasteiger partial charge in [0.15, 0.2) is 11.6 Å². The number of carbonyl (C=O) groups excluding carboxylic acids is 8. The van der Waals surface area contributed by atoms with Gasteiger partial charge in [0.25, 0.3) is 17.4 Å². The number of hydrogen-bond donors (Lipinski definition) is 2. The molecule has 1 aliphatic carbocycles. The van der Waals surface area contributed by atoms with Crippen molar-refractivity contribution in [2.75, 3.05) is 44.8 Å². The van der Waals surface area contributed by atoms with Gasteiger partial charge >= 0.3 is 12.1 Å². The third kappa shape index (κ3) is 18.5. The largest absolute Gasteiger partial charge is 0.510 e. The number of imide groups is 1. The van der Waals surface area contributed by atoms with Crippen molar-refractivity contribution in [2.45, 2.75) is 170 Å². The smallest absolute Gasteiger partial charge is 0.457 e. The van der Waals surface area contributed by atoms with E-state index in [4.69, 9.17) is 34.4 Å². The second-order valence-corrected chi connectivity index (χ2v) is 23.4. The van der Waals surface area contributed by atoms with E-state index >= 15 is 0 Å². The van der Waals surface area contributed by atoms with Crippen molar-refractivity contribution in [3.05, 3.63) is 116 Å². The Morgan fingerprint density at radius 3 is 2.25 bits per heavy atom. The molecule has 0 saturated heterocycles. The van der Waals surface area contributed by atoms with Gasteiger partial charge in [-0.15, -0.1) is 5.10 Å². The first-order valence-electron chi connectivity index (χ1n) is 31.2. The number of carbonyl (C=O) groups is 8. The third-order valence-electron chi connectivity index (χ3n) is 16.4. The number of Topliss-reactive ketones (excluding diaryl/α,β-unsaturated/α-hetero) is 3. The van der Waals surface area contributed by atoms with Crippen LogP contribution in [0.2, 0.25) is 0 Å². The van der Waals surface area contributed by atoms with Gasteiger partial charge in [-0.05, 0) is 131 Å². The summed E-state index contributed by atoms with van der Waals surface area (Å²) in [7, 11) is 0. The summed E-state index contributed by atoms with van der Waals surface area (Å²) in [5.74, 6) is -0.0307. The fourth-order valence-electron chi connectivity index (χ4n) is 11.7. The first-order valence-corrected chi connectivity index (χ1v) is 31.2. The van der Waals surface area contributed by atoms with Crippen LogP contribution in [0.5, 0.6) is 0 Å². The highest BCUT2D eigenvalue weighted by Crippen LogP contribution is 2.42. The number of nitrogens with one attached hydrogen (secondary N) is 1. The number of pyridine rings is 2. The minimum absolute atomic E-state index is 0.00528. The first kappa shape index (κ1) is 68.4. The zero-order valence-electron chi connectivity index (χ0n) is 52.5. The van der Waals surface area contributed by atoms with Crippen LogP contribution >= 0.6 is 0 Å². The highest BCUT2D eigenvalue weighted by atomic mass is 16.7. The van der Waals surface area contributed by atoms with Crippen molar-refractivity contribution in [3.8, 4) is 11.4 Å². The Morgan fingerprint density at radius 1 is 0.854 bits per heavy atom. The molecule has 0 radical (unpaired) electrons. The molecule has 1 saturated carbocycles. The molecule has 3 amide bonds. The number of benzene rings is 2. The van der Waals surface area contributed by atoms with Crippen LogP contribution in [0, 0.1) is 31.6 Å². The van der Waals surface area contributed by atoms with E-state index in [1.165, 1.54) is 24.0 Å². The molecule has 2 aromatic carbocycles. The summed E-state index contributed by atoms with van der Waals surface area (Å²) in [4.78, 5) is 116. The fourth-order valence-corrected chi connectivity index (χ4v) is 11.7. The molecule has 9 rings (SSSR count). The maximum atomic E-state index is 13.9. The van der Waals surface area contributed by atoms with Crippen LogP contribution in [-0.4, -0.2) is 116 Å². The quantitative estimate of drug-likeness (QED) is 0.0263. The Labute approximate surface area is 519 Å². The van der Waals surface area contributed by atoms with Crippen molar-refractivity contribution in [3.63, 3.8) is 0 Å². The molecule has 3 aliphatic heterocycles. The Hall–Kier alpha value is -8.08. The Kier molecular flexibility index (Phi) is 25.3. The molecular weight excluding hydrogens is 1140 g/mol. The predicted molar refractivity (Wildman–Crippen MR) is 332 cm³/mol. The topological polar surface area (TPSA) is 290 Å². The van der Waals surface area contributed by atoms with E-state index in [0.717, 1.165) is 91.1 Å². The second-order valence-electron chi connectivity index (χ2n) is 23.4. The second kappa shape index (κ2) is 32.9. The summed E-state index contributed by atoms with van der Waals surface area (Å²) >= 11 is 0. The molecule has 6 heterocycles. The van der Waals surface area contributed by atoms with E-state index in [0.29, 0.717) is 105 Å². The number of cyclic esters (lactones) is 1. The van der Waals surface area contributed by atoms with Gasteiger partial charge in [0.2, 0.25) is 11.5 Å². The Balaban J connectivity index is 0.000000210. The zero-order valence-corrected chi connectivity index (χ0v) is 52.5. The summed E-state index contributed by atoms with van der Waals surface area (Å²) in [6, 6.07) is 14.6. The monoisotopic (exact) mass is 1230 g/mol. The maximum absolute atomic E-state index is 13.9. The number of esters is 1. The molecule has 89 heavy (non-hydrogen) atoms. The third-order valence-corrected chi connectivity index (χ3v) is 16.4. The number of ketones is 3. The number of fused-ring (bicyclic) bond motifs is 5. The van der Waals surface area contributed by atoms with E-state index in [-0.39, 0.29) is 84.7 Å². The van der Waals surface area contributed by atoms with Gasteiger partial charge in [0.1, 0.15) is 32.2 Å². The number of unbranched alkanes of at least 4 members (excludes halogenated alkanes) is 1. The molecule has 22 heteroatoms. The van der Waals surface area contributed by atoms with Crippen LogP contribution in [-0.2, 0) is 95.6 Å². The van der Waals surface area contributed by atoms with Gasteiger partial charge in [-0.25, -0.2) is 19.3 Å². The van der Waals surface area contributed by atoms with Crippen LogP contribution in [0.15, 0.2) is 71.7 Å². The van der Waals surface area contributed by atoms with Crippen LogP contribution in [0.1, 0.15) is 157 Å². The number of anilines is 1. The molecule has 4 aliphatic rings. The number of aromatic nitrogens is 5. The van der Waals surface area contributed by atoms with Crippen molar-refractivity contribution >= 4 is 63.8 Å². The lowest BCUT2D eigenvalue weighted by molar-refractivity contribution is -0.175. The van der Waals surface area contributed by atoms with E-state index in [1.807, 2.05) is 39.1 Å². The number of nitrogens with two attached hydrogens (primary N) is 1. The lowest BCUT2D eigenvalue weighted by atomic mass is 9.79. The molecule has 22 nitrogen and oxygen atoms in total. The van der Waals surface area contributed by atoms with E-state index in [1.54, 1.807) is 46.5 Å². The molecule has 478 valence electrons. The summed E-state index contributed by atoms with van der Waals surface area (Å²) < 4.78 is 30.6. The van der Waals surface area contributed by atoms with Crippen molar-refractivity contribution < 1.29 is 62.0 Å². The molecule has 3 N–H and O–H groups in total. The van der Waals surface area contributed by atoms with Crippen LogP contribution in [0.4, 0.5) is 10.5 Å². The molecule has 0 spiro atoms. The number of ether oxygens (including phenoxy) is 5. The summed E-state index contributed by atoms with van der Waals surface area (Å²) in [6.45, 7) is 16.1. The number of hydrogen-bond acceptors (Lipinski definition) is 18. The zero-order chi connectivity index (χ0) is 64.2. The first-order chi connectivity index (χ1) is 42.8. The standard InChI is InChI=1S/C33H31N3O7.C19H34N4O4.C15H21NO3/c1-5-22-23-13-18(3)7-12-27(23)35-29-24(22)15-36-28(29)14-26-25(30(36)38)17-41-31(39)33(26,6-2)43-32(40)42-16-20-8-10-21(11-9-20)34-19(4)37;1-16(6-3-4-8-20)12-19(25)15-27-14-18(24)7-5-10-26-11-9-23-13-17(2)21-22-23;1-2-3-13(17)12-6-4-11(5-7-12)10-16-14(18)8-9-15(16)19/h7-14H,5-6,15-17H2,1-4H3,(H,34,37);13,16H,3-12,14-15,20H2,1-2H3;8-9,11-12H,2-7,10H2,1H3. The molecule has 2 atom stereocenters. The molecule has 0 bridgehead atoms. The molecular formula is C67H86N8O14. The summed E-state index contributed by atoms with van der Waals surface area (Å²) in [5.41, 5.74) is 11.3. The SMILES string of the molecule is CCCC(=O)C1CCC(CN2C(=O)C=CC2=O)CC1.CCc1c2c(nc3ccc(C)cc13)-c1cc3c(c(=O)n1C2)COC(=O)C3(CC)OC(=O)OCc1ccc(NC(C)=O)cc1.Cc1cn(CCOCCCC(=O)COCC(=O)CC(C)CCCCN)nn1. The van der Waals surface area contributed by atoms with Gasteiger partial charge in [-0.3, -0.25) is 38.5 Å². The predicted octanol–water partition coefficient (Wildman–Crippen LogP) is 9.05. The number of rotatable bonds is 28. The minimum atomic E-state index is -1.86.